The summed E-state index contributed by atoms with van der Waals surface area (Å²) in [4.78, 5) is 27.2. The first kappa shape index (κ1) is 42.9. The number of aromatic nitrogens is 1. The van der Waals surface area contributed by atoms with Crippen LogP contribution < -0.4 is 39.6 Å². The van der Waals surface area contributed by atoms with Gasteiger partial charge in [0.2, 0.25) is 5.91 Å². The minimum absolute atomic E-state index is 0.0944. The van der Waals surface area contributed by atoms with Gasteiger partial charge in [-0.2, -0.15) is 0 Å². The zero-order valence-corrected chi connectivity index (χ0v) is 37.1. The molecule has 0 atom stereocenters. The predicted octanol–water partition coefficient (Wildman–Crippen LogP) is 8.89. The molecule has 6 aliphatic rings. The van der Waals surface area contributed by atoms with E-state index in [2.05, 4.69) is 77.3 Å². The number of carbonyl (C=O) groups excluding carboxylic acids is 1. The molecule has 0 saturated carbocycles. The minimum Gasteiger partial charge on any atom is -0.497 e. The fourth-order valence-corrected chi connectivity index (χ4v) is 8.48. The number of nitrogens with zero attached hydrogens (tertiary/aromatic N) is 5. The first-order valence-corrected chi connectivity index (χ1v) is 21.6. The molecule has 0 radical (unpaired) electrons. The molecule has 0 spiro atoms. The normalized spacial score (nSPS) is 14.4. The lowest BCUT2D eigenvalue weighted by molar-refractivity contribution is -0.116. The smallest absolute Gasteiger partial charge is 0.223 e. The second-order valence-electron chi connectivity index (χ2n) is 15.5. The van der Waals surface area contributed by atoms with Gasteiger partial charge in [0.1, 0.15) is 28.5 Å². The molecule has 1 aliphatic carbocycles. The summed E-state index contributed by atoms with van der Waals surface area (Å²) in [5, 5.41) is 4.28. The van der Waals surface area contributed by atoms with Crippen LogP contribution in [0.25, 0.3) is 22.6 Å². The van der Waals surface area contributed by atoms with Crippen molar-refractivity contribution in [2.75, 3.05) is 87.2 Å². The molecule has 10 rings (SSSR count). The Morgan fingerprint density at radius 3 is 1.93 bits per heavy atom. The summed E-state index contributed by atoms with van der Waals surface area (Å²) in [6.07, 6.45) is 4.34. The Morgan fingerprint density at radius 1 is 0.705 bits per heavy atom. The number of fused-ring (bicyclic) bond motifs is 6. The summed E-state index contributed by atoms with van der Waals surface area (Å²) >= 11 is 0. The number of benzene rings is 5. The number of ether oxygens (including phenoxy) is 3. The summed E-state index contributed by atoms with van der Waals surface area (Å²) in [6, 6.07) is 26.8. The van der Waals surface area contributed by atoms with Crippen LogP contribution in [-0.2, 0) is 30.5 Å². The molecule has 4 aromatic carbocycles. The van der Waals surface area contributed by atoms with Crippen molar-refractivity contribution in [1.29, 1.82) is 0 Å². The summed E-state index contributed by atoms with van der Waals surface area (Å²) < 4.78 is 21.6. The molecule has 1 N–H and O–H groups in total. The molecular formula is C50H60N6O5. The van der Waals surface area contributed by atoms with Crippen LogP contribution in [-0.4, -0.2) is 78.0 Å². The monoisotopic (exact) mass is 824 g/mol. The van der Waals surface area contributed by atoms with Crippen molar-refractivity contribution in [1.82, 2.24) is 4.98 Å². The lowest BCUT2D eigenvalue weighted by atomic mass is 10.1. The van der Waals surface area contributed by atoms with E-state index in [1.54, 1.807) is 33.2 Å². The van der Waals surface area contributed by atoms with Gasteiger partial charge in [-0.15, -0.1) is 0 Å². The SMILES string of the molecule is CCN1CCc2ccc(OC)cc21.CCN=c1cc2oc3cc4c(cc3nc-2cc1C)CCN4CC.COc1ccc2c(c1)N(C(C)=O)CC2.COc1ccc2c(c1)NCC2. The molecule has 0 saturated heterocycles. The Bertz CT molecular complexity index is 2530. The summed E-state index contributed by atoms with van der Waals surface area (Å²) in [5.41, 5.74) is 14.1. The van der Waals surface area contributed by atoms with Gasteiger partial charge in [0.15, 0.2) is 11.3 Å². The maximum absolute atomic E-state index is 11.3. The summed E-state index contributed by atoms with van der Waals surface area (Å²) in [6.45, 7) is 17.0. The van der Waals surface area contributed by atoms with E-state index >= 15 is 0 Å². The number of methoxy groups -OCH3 is 3. The lowest BCUT2D eigenvalue weighted by Crippen LogP contribution is -2.25. The van der Waals surface area contributed by atoms with Gasteiger partial charge >= 0.3 is 0 Å². The average molecular weight is 825 g/mol. The number of carbonyl (C=O) groups is 1. The number of hydrogen-bond acceptors (Lipinski definition) is 10. The van der Waals surface area contributed by atoms with Crippen LogP contribution in [0.15, 0.2) is 88.3 Å². The van der Waals surface area contributed by atoms with Gasteiger partial charge in [-0.3, -0.25) is 9.79 Å². The van der Waals surface area contributed by atoms with Gasteiger partial charge < -0.3 is 38.6 Å². The number of anilines is 4. The largest absolute Gasteiger partial charge is 0.497 e. The number of nitrogens with one attached hydrogen (secondary N) is 1. The first-order valence-electron chi connectivity index (χ1n) is 21.6. The summed E-state index contributed by atoms with van der Waals surface area (Å²) in [5.74, 6) is 3.59. The number of aryl methyl sites for hydroxylation is 1. The molecule has 5 heterocycles. The molecule has 0 unspecified atom stereocenters. The highest BCUT2D eigenvalue weighted by Gasteiger charge is 2.23. The Kier molecular flexibility index (Phi) is 13.7. The van der Waals surface area contributed by atoms with E-state index in [0.717, 1.165) is 121 Å². The minimum atomic E-state index is 0.0944. The van der Waals surface area contributed by atoms with E-state index in [9.17, 15) is 4.79 Å². The van der Waals surface area contributed by atoms with Crippen LogP contribution >= 0.6 is 0 Å². The second-order valence-corrected chi connectivity index (χ2v) is 15.5. The molecule has 1 amide bonds. The van der Waals surface area contributed by atoms with Gasteiger partial charge in [-0.05, 0) is 112 Å². The van der Waals surface area contributed by atoms with Gasteiger partial charge in [0.25, 0.3) is 0 Å². The highest BCUT2D eigenvalue weighted by molar-refractivity contribution is 5.94. The Labute approximate surface area is 360 Å². The number of rotatable bonds is 6. The quantitative estimate of drug-likeness (QED) is 0.165. The number of hydrogen-bond donors (Lipinski definition) is 1. The van der Waals surface area contributed by atoms with Crippen molar-refractivity contribution < 1.29 is 23.4 Å². The van der Waals surface area contributed by atoms with Crippen molar-refractivity contribution in [3.63, 3.8) is 0 Å². The van der Waals surface area contributed by atoms with E-state index in [1.165, 1.54) is 45.7 Å². The van der Waals surface area contributed by atoms with Gasteiger partial charge in [0, 0.05) is 100 Å². The van der Waals surface area contributed by atoms with Crippen LogP contribution in [0.5, 0.6) is 17.2 Å². The molecule has 61 heavy (non-hydrogen) atoms. The highest BCUT2D eigenvalue weighted by atomic mass is 16.5. The van der Waals surface area contributed by atoms with Gasteiger partial charge in [0.05, 0.1) is 32.4 Å². The van der Waals surface area contributed by atoms with Crippen molar-refractivity contribution in [2.45, 2.75) is 60.3 Å². The fraction of sp³-hybridized carbons (Fsp3) is 0.380. The molecule has 4 aromatic rings. The lowest BCUT2D eigenvalue weighted by Gasteiger charge is -2.17. The highest BCUT2D eigenvalue weighted by Crippen LogP contribution is 2.35. The first-order chi connectivity index (χ1) is 29.7. The Morgan fingerprint density at radius 2 is 1.30 bits per heavy atom. The predicted molar refractivity (Wildman–Crippen MR) is 248 cm³/mol. The molecule has 320 valence electrons. The zero-order valence-electron chi connectivity index (χ0n) is 37.1. The van der Waals surface area contributed by atoms with Crippen molar-refractivity contribution in [3.05, 3.63) is 112 Å². The topological polar surface area (TPSA) is 105 Å². The third-order valence-electron chi connectivity index (χ3n) is 11.9. The number of amides is 1. The van der Waals surface area contributed by atoms with Gasteiger partial charge in [-0.25, -0.2) is 4.98 Å². The van der Waals surface area contributed by atoms with Crippen molar-refractivity contribution in [2.24, 2.45) is 4.99 Å². The molecule has 0 bridgehead atoms. The Hall–Kier alpha value is -6.23. The molecule has 0 aromatic heterocycles. The van der Waals surface area contributed by atoms with E-state index in [1.807, 2.05) is 49.4 Å². The average Bonchev–Trinajstić information content (AvgIpc) is 4.11. The Balaban J connectivity index is 0.000000129. The third kappa shape index (κ3) is 9.56. The van der Waals surface area contributed by atoms with Crippen LogP contribution in [0, 0.1) is 6.92 Å². The van der Waals surface area contributed by atoms with E-state index in [-0.39, 0.29) is 5.91 Å². The summed E-state index contributed by atoms with van der Waals surface area (Å²) in [7, 11) is 5.04. The van der Waals surface area contributed by atoms with Crippen LogP contribution in [0.2, 0.25) is 0 Å². The molecule has 11 heteroatoms. The molecule has 5 aliphatic heterocycles. The van der Waals surface area contributed by atoms with E-state index in [4.69, 9.17) is 23.6 Å². The van der Waals surface area contributed by atoms with E-state index < -0.39 is 0 Å². The molecular weight excluding hydrogens is 765 g/mol. The van der Waals surface area contributed by atoms with Crippen molar-refractivity contribution >= 4 is 39.8 Å². The maximum Gasteiger partial charge on any atom is 0.223 e. The van der Waals surface area contributed by atoms with Gasteiger partial charge in [-0.1, -0.05) is 18.2 Å². The van der Waals surface area contributed by atoms with Crippen LogP contribution in [0.4, 0.5) is 22.7 Å². The molecule has 0 fully saturated rings. The fourth-order valence-electron chi connectivity index (χ4n) is 8.48. The van der Waals surface area contributed by atoms with Crippen LogP contribution in [0.1, 0.15) is 55.5 Å². The van der Waals surface area contributed by atoms with Crippen LogP contribution in [0.3, 0.4) is 0 Å². The molecule has 11 nitrogen and oxygen atoms in total. The zero-order chi connectivity index (χ0) is 43.0. The number of likely N-dealkylation sites (N-methyl/N-ethyl adjacent to an activating group) is 2. The standard InChI is InChI=1S/C19H21N3O.C11H13NO2.C11H15NO.C9H11NO/c1-4-20-14-10-18-15(8-12(14)3)21-16-9-13-6-7-22(5-2)17(13)11-19(16)23-18;1-8(13)12-6-5-9-3-4-10(14-2)7-11(9)12;1-3-12-7-6-9-4-5-10(13-2)8-11(9)12;1-11-8-3-2-7-4-5-10-9(7)6-8/h8-11H,4-7H2,1-3H3;3-4,7H,5-6H2,1-2H3;4-5,8H,3,6-7H2,1-2H3;2-3,6,10H,4-5H2,1H3. The van der Waals surface area contributed by atoms with E-state index in [0.29, 0.717) is 0 Å². The third-order valence-corrected chi connectivity index (χ3v) is 11.9. The second kappa shape index (κ2) is 19.4. The van der Waals surface area contributed by atoms with Crippen molar-refractivity contribution in [3.8, 4) is 28.7 Å². The maximum atomic E-state index is 11.3.